The Morgan fingerprint density at radius 2 is 1.85 bits per heavy atom. The van der Waals surface area contributed by atoms with Gasteiger partial charge in [0.15, 0.2) is 0 Å². The van der Waals surface area contributed by atoms with Crippen LogP contribution in [-0.4, -0.2) is 22.7 Å². The van der Waals surface area contributed by atoms with Gasteiger partial charge in [0.2, 0.25) is 0 Å². The highest BCUT2D eigenvalue weighted by molar-refractivity contribution is 5.76. The molecule has 2 rings (SSSR count). The first-order chi connectivity index (χ1) is 9.15. The Labute approximate surface area is 120 Å². The first-order valence-electron chi connectivity index (χ1n) is 6.96. The second-order valence-corrected chi connectivity index (χ2v) is 6.89. The van der Waals surface area contributed by atoms with Gasteiger partial charge in [-0.3, -0.25) is 0 Å². The maximum absolute atomic E-state index is 6.25. The summed E-state index contributed by atoms with van der Waals surface area (Å²) in [5.41, 5.74) is 9.14. The Morgan fingerprint density at radius 3 is 2.40 bits per heavy atom. The smallest absolute Gasteiger partial charge is 0.127 e. The maximum atomic E-state index is 6.25. The molecule has 0 radical (unpaired) electrons. The molecule has 1 aromatic heterocycles. The first kappa shape index (κ1) is 15.0. The fraction of sp³-hybridized carbons (Fsp3) is 0.562. The zero-order chi connectivity index (χ0) is 15.1. The number of imidazole rings is 1. The highest BCUT2D eigenvalue weighted by Gasteiger charge is 2.30. The number of methoxy groups -OCH3 is 1. The van der Waals surface area contributed by atoms with Crippen LogP contribution in [0.1, 0.15) is 52.0 Å². The Morgan fingerprint density at radius 1 is 1.20 bits per heavy atom. The Hall–Kier alpha value is -1.39. The first-order valence-corrected chi connectivity index (χ1v) is 6.96. The van der Waals surface area contributed by atoms with Crippen molar-refractivity contribution in [2.75, 3.05) is 7.11 Å². The van der Waals surface area contributed by atoms with Gasteiger partial charge < -0.3 is 15.5 Å². The molecule has 0 amide bonds. The van der Waals surface area contributed by atoms with E-state index in [0.717, 1.165) is 16.9 Å². The van der Waals surface area contributed by atoms with Gasteiger partial charge in [-0.2, -0.15) is 0 Å². The lowest BCUT2D eigenvalue weighted by Gasteiger charge is -2.28. The summed E-state index contributed by atoms with van der Waals surface area (Å²) in [6.07, 6.45) is 0. The fourth-order valence-electron chi connectivity index (χ4n) is 2.10. The molecule has 1 unspecified atom stereocenters. The van der Waals surface area contributed by atoms with Crippen LogP contribution in [0.15, 0.2) is 18.2 Å². The third-order valence-corrected chi connectivity index (χ3v) is 3.94. The number of benzene rings is 1. The topological polar surface area (TPSA) is 63.9 Å². The average Bonchev–Trinajstić information content (AvgIpc) is 2.79. The van der Waals surface area contributed by atoms with E-state index in [1.165, 1.54) is 5.56 Å². The van der Waals surface area contributed by atoms with Gasteiger partial charge in [0.1, 0.15) is 5.82 Å². The van der Waals surface area contributed by atoms with E-state index in [2.05, 4.69) is 48.9 Å². The molecule has 1 aromatic carbocycles. The SMILES string of the molecule is COC(C)(C)C(N)c1nc2cc(C(C)(C)C)ccc2[nH]1. The molecule has 0 saturated carbocycles. The van der Waals surface area contributed by atoms with E-state index in [0.29, 0.717) is 0 Å². The molecule has 0 aliphatic rings. The second kappa shape index (κ2) is 4.86. The summed E-state index contributed by atoms with van der Waals surface area (Å²) in [5.74, 6) is 0.762. The van der Waals surface area contributed by atoms with E-state index < -0.39 is 5.60 Å². The van der Waals surface area contributed by atoms with Gasteiger partial charge >= 0.3 is 0 Å². The van der Waals surface area contributed by atoms with Crippen LogP contribution >= 0.6 is 0 Å². The van der Waals surface area contributed by atoms with Gasteiger partial charge in [-0.25, -0.2) is 4.98 Å². The van der Waals surface area contributed by atoms with Crippen molar-refractivity contribution in [2.45, 2.75) is 51.7 Å². The molecule has 20 heavy (non-hydrogen) atoms. The van der Waals surface area contributed by atoms with Crippen molar-refractivity contribution in [1.82, 2.24) is 9.97 Å². The lowest BCUT2D eigenvalue weighted by Crippen LogP contribution is -2.37. The van der Waals surface area contributed by atoms with Crippen LogP contribution < -0.4 is 5.73 Å². The summed E-state index contributed by atoms with van der Waals surface area (Å²) in [6.45, 7) is 10.5. The maximum Gasteiger partial charge on any atom is 0.127 e. The highest BCUT2D eigenvalue weighted by atomic mass is 16.5. The highest BCUT2D eigenvalue weighted by Crippen LogP contribution is 2.28. The van der Waals surface area contributed by atoms with Crippen LogP contribution in [0.3, 0.4) is 0 Å². The predicted octanol–water partition coefficient (Wildman–Crippen LogP) is 3.29. The summed E-state index contributed by atoms with van der Waals surface area (Å²) in [6, 6.07) is 6.04. The number of ether oxygens (including phenoxy) is 1. The summed E-state index contributed by atoms with van der Waals surface area (Å²) < 4.78 is 5.44. The van der Waals surface area contributed by atoms with Crippen LogP contribution in [0.2, 0.25) is 0 Å². The number of H-pyrrole nitrogens is 1. The number of nitrogens with zero attached hydrogens (tertiary/aromatic N) is 1. The van der Waals surface area contributed by atoms with Crippen molar-refractivity contribution < 1.29 is 4.74 Å². The quantitative estimate of drug-likeness (QED) is 0.903. The van der Waals surface area contributed by atoms with Crippen LogP contribution in [0.5, 0.6) is 0 Å². The third kappa shape index (κ3) is 2.72. The zero-order valence-electron chi connectivity index (χ0n) is 13.2. The lowest BCUT2D eigenvalue weighted by molar-refractivity contribution is -0.00194. The number of hydrogen-bond donors (Lipinski definition) is 2. The average molecular weight is 275 g/mol. The molecule has 1 heterocycles. The van der Waals surface area contributed by atoms with Gasteiger partial charge in [0, 0.05) is 7.11 Å². The number of fused-ring (bicyclic) bond motifs is 1. The molecule has 110 valence electrons. The summed E-state index contributed by atoms with van der Waals surface area (Å²) in [4.78, 5) is 7.94. The number of hydrogen-bond acceptors (Lipinski definition) is 3. The molecular weight excluding hydrogens is 250 g/mol. The minimum absolute atomic E-state index is 0.112. The van der Waals surface area contributed by atoms with Crippen molar-refractivity contribution in [3.8, 4) is 0 Å². The molecule has 3 N–H and O–H groups in total. The molecule has 4 heteroatoms. The zero-order valence-corrected chi connectivity index (χ0v) is 13.2. The summed E-state index contributed by atoms with van der Waals surface area (Å²) in [7, 11) is 1.67. The van der Waals surface area contributed by atoms with Gasteiger partial charge in [0.25, 0.3) is 0 Å². The van der Waals surface area contributed by atoms with Gasteiger partial charge in [-0.1, -0.05) is 26.8 Å². The van der Waals surface area contributed by atoms with Gasteiger partial charge in [-0.05, 0) is 37.0 Å². The normalized spacial score (nSPS) is 14.8. The molecule has 0 spiro atoms. The standard InChI is InChI=1S/C16H25N3O/c1-15(2,3)10-7-8-11-12(9-10)19-14(18-11)13(17)16(4,5)20-6/h7-9,13H,17H2,1-6H3,(H,18,19). The molecule has 0 bridgehead atoms. The number of nitrogens with one attached hydrogen (secondary N) is 1. The lowest BCUT2D eigenvalue weighted by atomic mass is 9.87. The predicted molar refractivity (Wildman–Crippen MR) is 82.8 cm³/mol. The van der Waals surface area contributed by atoms with Crippen molar-refractivity contribution >= 4 is 11.0 Å². The second-order valence-electron chi connectivity index (χ2n) is 6.89. The number of aromatic amines is 1. The Kier molecular flexibility index (Phi) is 3.65. The van der Waals surface area contributed by atoms with E-state index in [4.69, 9.17) is 10.5 Å². The molecular formula is C16H25N3O. The van der Waals surface area contributed by atoms with E-state index in [-0.39, 0.29) is 11.5 Å². The largest absolute Gasteiger partial charge is 0.377 e. The molecule has 0 fully saturated rings. The minimum atomic E-state index is -0.458. The van der Waals surface area contributed by atoms with Crippen LogP contribution in [-0.2, 0) is 10.2 Å². The number of nitrogens with two attached hydrogens (primary N) is 1. The van der Waals surface area contributed by atoms with Crippen molar-refractivity contribution in [1.29, 1.82) is 0 Å². The Balaban J connectivity index is 2.44. The molecule has 0 aliphatic carbocycles. The monoisotopic (exact) mass is 275 g/mol. The van der Waals surface area contributed by atoms with Crippen molar-refractivity contribution in [3.63, 3.8) is 0 Å². The van der Waals surface area contributed by atoms with E-state index in [1.807, 2.05) is 13.8 Å². The molecule has 4 nitrogen and oxygen atoms in total. The molecule has 0 saturated heterocycles. The Bertz CT molecular complexity index is 608. The van der Waals surface area contributed by atoms with Crippen LogP contribution in [0.4, 0.5) is 0 Å². The van der Waals surface area contributed by atoms with Crippen LogP contribution in [0, 0.1) is 0 Å². The van der Waals surface area contributed by atoms with Crippen molar-refractivity contribution in [2.24, 2.45) is 5.73 Å². The van der Waals surface area contributed by atoms with Gasteiger partial charge in [0.05, 0.1) is 22.7 Å². The van der Waals surface area contributed by atoms with Crippen LogP contribution in [0.25, 0.3) is 11.0 Å². The third-order valence-electron chi connectivity index (χ3n) is 3.94. The van der Waals surface area contributed by atoms with Crippen molar-refractivity contribution in [3.05, 3.63) is 29.6 Å². The molecule has 2 aromatic rings. The fourth-order valence-corrected chi connectivity index (χ4v) is 2.10. The summed E-state index contributed by atoms with van der Waals surface area (Å²) in [5, 5.41) is 0. The minimum Gasteiger partial charge on any atom is -0.377 e. The van der Waals surface area contributed by atoms with Gasteiger partial charge in [-0.15, -0.1) is 0 Å². The summed E-state index contributed by atoms with van der Waals surface area (Å²) >= 11 is 0. The number of aromatic nitrogens is 2. The molecule has 1 atom stereocenters. The van der Waals surface area contributed by atoms with E-state index in [9.17, 15) is 0 Å². The van der Waals surface area contributed by atoms with E-state index in [1.54, 1.807) is 7.11 Å². The number of rotatable bonds is 3. The molecule has 0 aliphatic heterocycles. The van der Waals surface area contributed by atoms with E-state index >= 15 is 0 Å².